The van der Waals surface area contributed by atoms with E-state index in [1.165, 1.54) is 55.7 Å². The van der Waals surface area contributed by atoms with Crippen LogP contribution in [-0.4, -0.2) is 16.2 Å². The predicted octanol–water partition coefficient (Wildman–Crippen LogP) is 16.4. The molecular formula is C60H58N4O. The SMILES string of the molecule is CC(C)(C)c1cc(N2CN(c3cccc(Oc4ccc5c6ccccc6n(-c6cc(C(C)(C)C)ccn6)c5c4)c3)c3cccc(-c4cccc(-c5ccccc5)c4)c32)cc(C(C)(C)C)c1. The van der Waals surface area contributed by atoms with Crippen molar-refractivity contribution >= 4 is 44.6 Å². The van der Waals surface area contributed by atoms with Crippen molar-refractivity contribution in [2.24, 2.45) is 0 Å². The van der Waals surface area contributed by atoms with Crippen LogP contribution in [0.25, 0.3) is 49.9 Å². The predicted molar refractivity (Wildman–Crippen MR) is 274 cm³/mol. The minimum Gasteiger partial charge on any atom is -0.457 e. The van der Waals surface area contributed by atoms with E-state index in [2.05, 4.69) is 247 Å². The van der Waals surface area contributed by atoms with Crippen molar-refractivity contribution in [3.8, 4) is 39.6 Å². The summed E-state index contributed by atoms with van der Waals surface area (Å²) in [6.45, 7) is 21.2. The van der Waals surface area contributed by atoms with E-state index < -0.39 is 0 Å². The third-order valence-electron chi connectivity index (χ3n) is 13.0. The molecule has 1 aliphatic rings. The van der Waals surface area contributed by atoms with Crippen LogP contribution in [0.15, 0.2) is 176 Å². The van der Waals surface area contributed by atoms with E-state index in [1.807, 2.05) is 6.20 Å². The lowest BCUT2D eigenvalue weighted by molar-refractivity contribution is 0.483. The first kappa shape index (κ1) is 41.9. The second-order valence-corrected chi connectivity index (χ2v) is 20.7. The molecular weight excluding hydrogens is 793 g/mol. The third kappa shape index (κ3) is 7.94. The summed E-state index contributed by atoms with van der Waals surface area (Å²) in [7, 11) is 0. The van der Waals surface area contributed by atoms with Gasteiger partial charge in [0.25, 0.3) is 0 Å². The Balaban J connectivity index is 1.07. The van der Waals surface area contributed by atoms with Crippen LogP contribution in [0.3, 0.4) is 0 Å². The molecule has 0 fully saturated rings. The van der Waals surface area contributed by atoms with E-state index in [0.717, 1.165) is 45.1 Å². The topological polar surface area (TPSA) is 33.5 Å². The number of nitrogens with zero attached hydrogens (tertiary/aromatic N) is 4. The highest BCUT2D eigenvalue weighted by Gasteiger charge is 2.33. The Hall–Kier alpha value is -7.11. The zero-order valence-corrected chi connectivity index (χ0v) is 39.1. The standard InChI is InChI=1S/C60H58N4O/c1-58(2,3)43-30-31-61-56(36-43)64-53-26-14-13-24-51(53)52-29-28-49(38-55(52)64)65-48-23-16-22-46(37-48)62-39-63(47-34-44(59(4,5)6)33-45(35-47)60(7,8)9)57-50(25-17-27-54(57)62)42-21-15-20-41(32-42)40-18-11-10-12-19-40/h10-38H,39H2,1-9H3. The molecule has 0 saturated heterocycles. The van der Waals surface area contributed by atoms with Gasteiger partial charge < -0.3 is 14.5 Å². The Morgan fingerprint density at radius 3 is 1.85 bits per heavy atom. The summed E-state index contributed by atoms with van der Waals surface area (Å²) in [5, 5.41) is 2.35. The number of rotatable bonds is 7. The van der Waals surface area contributed by atoms with Gasteiger partial charge in [-0.1, -0.05) is 153 Å². The molecule has 65 heavy (non-hydrogen) atoms. The van der Waals surface area contributed by atoms with Gasteiger partial charge in [-0.15, -0.1) is 0 Å². The fraction of sp³-hybridized carbons (Fsp3) is 0.217. The number of benzene rings is 7. The van der Waals surface area contributed by atoms with Crippen molar-refractivity contribution < 1.29 is 4.74 Å². The minimum absolute atomic E-state index is 0.0104. The fourth-order valence-corrected chi connectivity index (χ4v) is 9.23. The third-order valence-corrected chi connectivity index (χ3v) is 13.0. The van der Waals surface area contributed by atoms with E-state index in [4.69, 9.17) is 9.72 Å². The average molecular weight is 851 g/mol. The van der Waals surface area contributed by atoms with Crippen molar-refractivity contribution in [1.82, 2.24) is 9.55 Å². The minimum atomic E-state index is -0.0300. The normalized spacial score (nSPS) is 13.2. The first-order valence-electron chi connectivity index (χ1n) is 22.9. The zero-order valence-electron chi connectivity index (χ0n) is 39.1. The molecule has 7 aromatic carbocycles. The summed E-state index contributed by atoms with van der Waals surface area (Å²) in [6, 6.07) is 61.5. The Bertz CT molecular complexity index is 3200. The van der Waals surface area contributed by atoms with Gasteiger partial charge in [-0.3, -0.25) is 4.57 Å². The second-order valence-electron chi connectivity index (χ2n) is 20.7. The quantitative estimate of drug-likeness (QED) is 0.160. The van der Waals surface area contributed by atoms with Crippen LogP contribution in [0.4, 0.5) is 22.7 Å². The fourth-order valence-electron chi connectivity index (χ4n) is 9.23. The maximum atomic E-state index is 6.83. The summed E-state index contributed by atoms with van der Waals surface area (Å²) in [6.07, 6.45) is 1.93. The molecule has 3 heterocycles. The lowest BCUT2D eigenvalue weighted by Gasteiger charge is -2.30. The molecule has 5 nitrogen and oxygen atoms in total. The molecule has 0 spiro atoms. The van der Waals surface area contributed by atoms with Gasteiger partial charge in [-0.05, 0) is 116 Å². The largest absolute Gasteiger partial charge is 0.457 e. The smallest absolute Gasteiger partial charge is 0.137 e. The van der Waals surface area contributed by atoms with E-state index in [9.17, 15) is 0 Å². The van der Waals surface area contributed by atoms with Crippen molar-refractivity contribution in [1.29, 1.82) is 0 Å². The molecule has 0 N–H and O–H groups in total. The number of fused-ring (bicyclic) bond motifs is 4. The molecule has 5 heteroatoms. The molecule has 0 aliphatic carbocycles. The van der Waals surface area contributed by atoms with Gasteiger partial charge in [0, 0.05) is 46.0 Å². The molecule has 0 bridgehead atoms. The monoisotopic (exact) mass is 850 g/mol. The van der Waals surface area contributed by atoms with E-state index in [-0.39, 0.29) is 16.2 Å². The molecule has 0 atom stereocenters. The Labute approximate surface area is 384 Å². The van der Waals surface area contributed by atoms with Gasteiger partial charge in [-0.25, -0.2) is 4.98 Å². The molecule has 324 valence electrons. The van der Waals surface area contributed by atoms with E-state index >= 15 is 0 Å². The average Bonchev–Trinajstić information content (AvgIpc) is 3.85. The van der Waals surface area contributed by atoms with Crippen molar-refractivity contribution in [2.75, 3.05) is 16.5 Å². The maximum absolute atomic E-state index is 6.83. The van der Waals surface area contributed by atoms with Crippen LogP contribution in [0.2, 0.25) is 0 Å². The Morgan fingerprint density at radius 2 is 1.09 bits per heavy atom. The number of pyridine rings is 1. The number of anilines is 4. The number of ether oxygens (including phenoxy) is 1. The van der Waals surface area contributed by atoms with Crippen LogP contribution >= 0.6 is 0 Å². The summed E-state index contributed by atoms with van der Waals surface area (Å²) < 4.78 is 9.10. The van der Waals surface area contributed by atoms with Crippen molar-refractivity contribution in [2.45, 2.75) is 78.6 Å². The Kier molecular flexibility index (Phi) is 10.2. The van der Waals surface area contributed by atoms with Crippen LogP contribution in [0, 0.1) is 0 Å². The van der Waals surface area contributed by atoms with E-state index in [1.54, 1.807) is 0 Å². The number of para-hydroxylation sites is 2. The van der Waals surface area contributed by atoms with Crippen LogP contribution in [0.1, 0.15) is 79.0 Å². The molecule has 0 radical (unpaired) electrons. The molecule has 9 aromatic rings. The zero-order chi connectivity index (χ0) is 45.3. The van der Waals surface area contributed by atoms with Gasteiger partial charge in [0.05, 0.1) is 22.4 Å². The second kappa shape index (κ2) is 15.8. The van der Waals surface area contributed by atoms with Crippen LogP contribution in [0.5, 0.6) is 11.5 Å². The summed E-state index contributed by atoms with van der Waals surface area (Å²) in [5.41, 5.74) is 15.4. The van der Waals surface area contributed by atoms with Crippen molar-refractivity contribution in [3.05, 3.63) is 193 Å². The van der Waals surface area contributed by atoms with Crippen LogP contribution in [-0.2, 0) is 16.2 Å². The molecule has 0 saturated carbocycles. The molecule has 0 amide bonds. The Morgan fingerprint density at radius 1 is 0.446 bits per heavy atom. The highest BCUT2D eigenvalue weighted by molar-refractivity contribution is 6.09. The summed E-state index contributed by atoms with van der Waals surface area (Å²) in [5.74, 6) is 2.44. The molecule has 0 unspecified atom stereocenters. The first-order chi connectivity index (χ1) is 31.1. The first-order valence-corrected chi connectivity index (χ1v) is 22.9. The van der Waals surface area contributed by atoms with Gasteiger partial charge in [0.15, 0.2) is 0 Å². The van der Waals surface area contributed by atoms with Gasteiger partial charge in [0.1, 0.15) is 24.0 Å². The van der Waals surface area contributed by atoms with Crippen molar-refractivity contribution in [3.63, 3.8) is 0 Å². The lowest BCUT2D eigenvalue weighted by atomic mass is 9.80. The van der Waals surface area contributed by atoms with Gasteiger partial charge in [-0.2, -0.15) is 0 Å². The maximum Gasteiger partial charge on any atom is 0.137 e. The highest BCUT2D eigenvalue weighted by atomic mass is 16.5. The summed E-state index contributed by atoms with van der Waals surface area (Å²) >= 11 is 0. The van der Waals surface area contributed by atoms with E-state index in [0.29, 0.717) is 6.67 Å². The number of aromatic nitrogens is 2. The van der Waals surface area contributed by atoms with Gasteiger partial charge in [0.2, 0.25) is 0 Å². The lowest BCUT2D eigenvalue weighted by Crippen LogP contribution is -2.25. The number of hydrogen-bond donors (Lipinski definition) is 0. The highest BCUT2D eigenvalue weighted by Crippen LogP contribution is 2.51. The molecule has 2 aromatic heterocycles. The van der Waals surface area contributed by atoms with Crippen LogP contribution < -0.4 is 14.5 Å². The molecule has 10 rings (SSSR count). The number of hydrogen-bond acceptors (Lipinski definition) is 4. The molecule has 1 aliphatic heterocycles. The summed E-state index contributed by atoms with van der Waals surface area (Å²) in [4.78, 5) is 9.85. The van der Waals surface area contributed by atoms with Gasteiger partial charge >= 0.3 is 0 Å².